The fourth-order valence-electron chi connectivity index (χ4n) is 1.78. The second kappa shape index (κ2) is 6.61. The van der Waals surface area contributed by atoms with E-state index in [0.717, 1.165) is 11.3 Å². The van der Waals surface area contributed by atoms with Gasteiger partial charge in [0, 0.05) is 5.69 Å². The van der Waals surface area contributed by atoms with Crippen molar-refractivity contribution in [3.63, 3.8) is 0 Å². The first kappa shape index (κ1) is 13.9. The van der Waals surface area contributed by atoms with E-state index < -0.39 is 0 Å². The summed E-state index contributed by atoms with van der Waals surface area (Å²) in [6.45, 7) is 1.93. The Bertz CT molecular complexity index is 552. The van der Waals surface area contributed by atoms with E-state index >= 15 is 0 Å². The standard InChI is InChI=1S/C16H17NO3/c1-12(13-5-3-2-4-6-13)20-16(19)11-17-14-7-9-15(18)10-8-14/h2-10,12,17-18H,11H2,1H3. The summed E-state index contributed by atoms with van der Waals surface area (Å²) < 4.78 is 5.33. The minimum atomic E-state index is -0.325. The third kappa shape index (κ3) is 4.02. The van der Waals surface area contributed by atoms with Crippen molar-refractivity contribution in [2.24, 2.45) is 0 Å². The third-order valence-electron chi connectivity index (χ3n) is 2.88. The molecule has 4 heteroatoms. The molecule has 2 rings (SSSR count). The second-order valence-electron chi connectivity index (χ2n) is 4.44. The van der Waals surface area contributed by atoms with E-state index in [1.54, 1.807) is 24.3 Å². The first-order valence-electron chi connectivity index (χ1n) is 6.42. The van der Waals surface area contributed by atoms with E-state index in [1.807, 2.05) is 37.3 Å². The quantitative estimate of drug-likeness (QED) is 0.648. The SMILES string of the molecule is CC(OC(=O)CNc1ccc(O)cc1)c1ccccc1. The van der Waals surface area contributed by atoms with Crippen LogP contribution in [0.25, 0.3) is 0 Å². The number of benzene rings is 2. The Kier molecular flexibility index (Phi) is 4.60. The zero-order chi connectivity index (χ0) is 14.4. The minimum Gasteiger partial charge on any atom is -0.508 e. The molecule has 0 amide bonds. The monoisotopic (exact) mass is 271 g/mol. The van der Waals surface area contributed by atoms with Crippen molar-refractivity contribution in [3.8, 4) is 5.75 Å². The molecule has 0 aliphatic rings. The summed E-state index contributed by atoms with van der Waals surface area (Å²) in [6.07, 6.45) is -0.273. The van der Waals surface area contributed by atoms with Crippen molar-refractivity contribution in [1.82, 2.24) is 0 Å². The van der Waals surface area contributed by atoms with E-state index in [0.29, 0.717) is 0 Å². The van der Waals surface area contributed by atoms with Crippen molar-refractivity contribution < 1.29 is 14.6 Å². The Labute approximate surface area is 118 Å². The van der Waals surface area contributed by atoms with Gasteiger partial charge in [-0.15, -0.1) is 0 Å². The van der Waals surface area contributed by atoms with Gasteiger partial charge in [-0.25, -0.2) is 0 Å². The van der Waals surface area contributed by atoms with Crippen LogP contribution in [0.3, 0.4) is 0 Å². The highest BCUT2D eigenvalue weighted by Crippen LogP contribution is 2.17. The van der Waals surface area contributed by atoms with Crippen LogP contribution < -0.4 is 5.32 Å². The van der Waals surface area contributed by atoms with Gasteiger partial charge in [-0.1, -0.05) is 30.3 Å². The Morgan fingerprint density at radius 1 is 1.15 bits per heavy atom. The van der Waals surface area contributed by atoms with Gasteiger partial charge in [0.25, 0.3) is 0 Å². The number of phenolic OH excluding ortho intramolecular Hbond substituents is 1. The first-order chi connectivity index (χ1) is 9.65. The van der Waals surface area contributed by atoms with Gasteiger partial charge in [-0.3, -0.25) is 4.79 Å². The molecule has 0 radical (unpaired) electrons. The van der Waals surface area contributed by atoms with E-state index in [4.69, 9.17) is 9.84 Å². The summed E-state index contributed by atoms with van der Waals surface area (Å²) in [5.41, 5.74) is 1.72. The summed E-state index contributed by atoms with van der Waals surface area (Å²) in [5, 5.41) is 12.1. The topological polar surface area (TPSA) is 58.6 Å². The predicted octanol–water partition coefficient (Wildman–Crippen LogP) is 3.11. The van der Waals surface area contributed by atoms with Crippen molar-refractivity contribution >= 4 is 11.7 Å². The number of anilines is 1. The number of aromatic hydroxyl groups is 1. The Morgan fingerprint density at radius 2 is 1.80 bits per heavy atom. The number of carbonyl (C=O) groups excluding carboxylic acids is 1. The molecule has 0 saturated carbocycles. The van der Waals surface area contributed by atoms with Crippen LogP contribution in [0.15, 0.2) is 54.6 Å². The smallest absolute Gasteiger partial charge is 0.325 e. The molecule has 0 fully saturated rings. The molecule has 1 unspecified atom stereocenters. The first-order valence-corrected chi connectivity index (χ1v) is 6.42. The molecular weight excluding hydrogens is 254 g/mol. The van der Waals surface area contributed by atoms with Crippen LogP contribution in [-0.4, -0.2) is 17.6 Å². The number of rotatable bonds is 5. The second-order valence-corrected chi connectivity index (χ2v) is 4.44. The highest BCUT2D eigenvalue weighted by atomic mass is 16.5. The lowest BCUT2D eigenvalue weighted by molar-refractivity contribution is -0.146. The number of esters is 1. The van der Waals surface area contributed by atoms with Gasteiger partial charge in [0.2, 0.25) is 0 Å². The number of hydrogen-bond donors (Lipinski definition) is 2. The Hall–Kier alpha value is -2.49. The summed E-state index contributed by atoms with van der Waals surface area (Å²) in [6, 6.07) is 16.1. The van der Waals surface area contributed by atoms with Crippen LogP contribution in [-0.2, 0) is 9.53 Å². The lowest BCUT2D eigenvalue weighted by Gasteiger charge is -2.14. The lowest BCUT2D eigenvalue weighted by Crippen LogP contribution is -2.18. The Morgan fingerprint density at radius 3 is 2.45 bits per heavy atom. The van der Waals surface area contributed by atoms with Crippen LogP contribution in [0, 0.1) is 0 Å². The normalized spacial score (nSPS) is 11.7. The average Bonchev–Trinajstić information content (AvgIpc) is 2.47. The van der Waals surface area contributed by atoms with Crippen molar-refractivity contribution in [1.29, 1.82) is 0 Å². The minimum absolute atomic E-state index is 0.0853. The van der Waals surface area contributed by atoms with Crippen LogP contribution in [0.2, 0.25) is 0 Å². The molecule has 0 aliphatic carbocycles. The maximum absolute atomic E-state index is 11.7. The number of nitrogens with one attached hydrogen (secondary N) is 1. The van der Waals surface area contributed by atoms with Crippen molar-refractivity contribution in [3.05, 3.63) is 60.2 Å². The predicted molar refractivity (Wildman–Crippen MR) is 77.5 cm³/mol. The summed E-state index contributed by atoms with van der Waals surface area (Å²) in [4.78, 5) is 11.7. The van der Waals surface area contributed by atoms with Gasteiger partial charge in [0.15, 0.2) is 0 Å². The zero-order valence-corrected chi connectivity index (χ0v) is 11.2. The van der Waals surface area contributed by atoms with E-state index in [9.17, 15) is 4.79 Å². The molecular formula is C16H17NO3. The molecule has 0 saturated heterocycles. The molecule has 4 nitrogen and oxygen atoms in total. The van der Waals surface area contributed by atoms with Crippen molar-refractivity contribution in [2.75, 3.05) is 11.9 Å². The molecule has 1 atom stereocenters. The van der Waals surface area contributed by atoms with Crippen LogP contribution in [0.4, 0.5) is 5.69 Å². The number of ether oxygens (including phenoxy) is 1. The van der Waals surface area contributed by atoms with Gasteiger partial charge >= 0.3 is 5.97 Å². The maximum atomic E-state index is 11.7. The van der Waals surface area contributed by atoms with E-state index in [1.165, 1.54) is 0 Å². The van der Waals surface area contributed by atoms with Gasteiger partial charge in [-0.05, 0) is 36.8 Å². The largest absolute Gasteiger partial charge is 0.508 e. The van der Waals surface area contributed by atoms with Gasteiger partial charge in [0.05, 0.1) is 0 Å². The fraction of sp³-hybridized carbons (Fsp3) is 0.188. The molecule has 2 aromatic rings. The molecule has 0 aliphatic heterocycles. The molecule has 0 heterocycles. The summed E-state index contributed by atoms with van der Waals surface area (Å²) in [7, 11) is 0. The molecule has 2 N–H and O–H groups in total. The molecule has 0 spiro atoms. The van der Waals surface area contributed by atoms with Crippen LogP contribution >= 0.6 is 0 Å². The maximum Gasteiger partial charge on any atom is 0.325 e. The number of carbonyl (C=O) groups is 1. The number of hydrogen-bond acceptors (Lipinski definition) is 4. The molecule has 104 valence electrons. The Balaban J connectivity index is 1.82. The summed E-state index contributed by atoms with van der Waals surface area (Å²) in [5.74, 6) is -0.134. The van der Waals surface area contributed by atoms with Gasteiger partial charge in [-0.2, -0.15) is 0 Å². The average molecular weight is 271 g/mol. The van der Waals surface area contributed by atoms with Crippen molar-refractivity contribution in [2.45, 2.75) is 13.0 Å². The van der Waals surface area contributed by atoms with Crippen LogP contribution in [0.5, 0.6) is 5.75 Å². The fourth-order valence-corrected chi connectivity index (χ4v) is 1.78. The number of phenols is 1. The zero-order valence-electron chi connectivity index (χ0n) is 11.2. The lowest BCUT2D eigenvalue weighted by atomic mass is 10.1. The van der Waals surface area contributed by atoms with Gasteiger partial charge < -0.3 is 15.2 Å². The molecule has 0 bridgehead atoms. The van der Waals surface area contributed by atoms with Crippen LogP contribution in [0.1, 0.15) is 18.6 Å². The van der Waals surface area contributed by atoms with Gasteiger partial charge in [0.1, 0.15) is 18.4 Å². The molecule has 2 aromatic carbocycles. The summed E-state index contributed by atoms with van der Waals surface area (Å²) >= 11 is 0. The highest BCUT2D eigenvalue weighted by molar-refractivity contribution is 5.75. The molecule has 20 heavy (non-hydrogen) atoms. The third-order valence-corrected chi connectivity index (χ3v) is 2.88. The van der Waals surface area contributed by atoms with E-state index in [-0.39, 0.29) is 24.4 Å². The highest BCUT2D eigenvalue weighted by Gasteiger charge is 2.10. The molecule has 0 aromatic heterocycles. The van der Waals surface area contributed by atoms with E-state index in [2.05, 4.69) is 5.32 Å².